The van der Waals surface area contributed by atoms with Crippen molar-refractivity contribution in [3.63, 3.8) is 0 Å². The first kappa shape index (κ1) is 22.9. The van der Waals surface area contributed by atoms with E-state index in [0.29, 0.717) is 17.8 Å². The largest absolute Gasteiger partial charge is 0.460 e. The van der Waals surface area contributed by atoms with Crippen molar-refractivity contribution >= 4 is 23.0 Å². The van der Waals surface area contributed by atoms with Gasteiger partial charge in [-0.3, -0.25) is 9.36 Å². The summed E-state index contributed by atoms with van der Waals surface area (Å²) in [6.07, 6.45) is -1.42. The zero-order valence-corrected chi connectivity index (χ0v) is 17.0. The Morgan fingerprint density at radius 2 is 1.97 bits per heavy atom. The first-order chi connectivity index (χ1) is 13.5. The van der Waals surface area contributed by atoms with E-state index < -0.39 is 31.1 Å². The highest BCUT2D eigenvalue weighted by Gasteiger charge is 2.43. The highest BCUT2D eigenvalue weighted by atomic mass is 16.6. The van der Waals surface area contributed by atoms with Gasteiger partial charge in [-0.25, -0.2) is 15.0 Å². The molecular formula is C17H29N6O6+. The van der Waals surface area contributed by atoms with Crippen LogP contribution in [0.2, 0.25) is 0 Å². The number of nitrogens with zero attached hydrogens (tertiary/aromatic N) is 5. The molecule has 5 N–H and O–H groups in total. The third-order valence-electron chi connectivity index (χ3n) is 4.25. The number of imidazole rings is 1. The van der Waals surface area contributed by atoms with Gasteiger partial charge in [-0.2, -0.15) is 0 Å². The molecule has 4 atom stereocenters. The SMILES string of the molecule is CC(=O)OCC[N+](C)(C)C.Nc1ncnc2c1ncn2[C@@H]1O[C@H](CO)[C@@H](O)[C@H]1O. The van der Waals surface area contributed by atoms with Crippen molar-refractivity contribution in [3.05, 3.63) is 12.7 Å². The Bertz CT molecular complexity index is 822. The molecule has 1 fully saturated rings. The van der Waals surface area contributed by atoms with Crippen LogP contribution in [0.5, 0.6) is 0 Å². The molecule has 12 nitrogen and oxygen atoms in total. The number of fused-ring (bicyclic) bond motifs is 1. The summed E-state index contributed by atoms with van der Waals surface area (Å²) < 4.78 is 12.4. The van der Waals surface area contributed by atoms with Gasteiger partial charge in [0.05, 0.1) is 34.1 Å². The minimum atomic E-state index is -1.19. The molecule has 0 bridgehead atoms. The van der Waals surface area contributed by atoms with Gasteiger partial charge < -0.3 is 35.0 Å². The highest BCUT2D eigenvalue weighted by molar-refractivity contribution is 5.81. The van der Waals surface area contributed by atoms with Crippen LogP contribution < -0.4 is 5.73 Å². The van der Waals surface area contributed by atoms with Crippen molar-refractivity contribution < 1.29 is 34.1 Å². The van der Waals surface area contributed by atoms with E-state index in [1.807, 2.05) is 0 Å². The van der Waals surface area contributed by atoms with Crippen LogP contribution in [0.15, 0.2) is 12.7 Å². The first-order valence-electron chi connectivity index (χ1n) is 9.04. The van der Waals surface area contributed by atoms with Crippen molar-refractivity contribution in [3.8, 4) is 0 Å². The Morgan fingerprint density at radius 3 is 2.52 bits per heavy atom. The van der Waals surface area contributed by atoms with E-state index >= 15 is 0 Å². The number of esters is 1. The molecule has 29 heavy (non-hydrogen) atoms. The summed E-state index contributed by atoms with van der Waals surface area (Å²) in [6, 6.07) is 0. The van der Waals surface area contributed by atoms with Gasteiger partial charge in [0.2, 0.25) is 0 Å². The van der Waals surface area contributed by atoms with Crippen LogP contribution in [0.4, 0.5) is 5.82 Å². The number of ether oxygens (including phenoxy) is 2. The van der Waals surface area contributed by atoms with Crippen molar-refractivity contribution in [1.29, 1.82) is 0 Å². The Kier molecular flexibility index (Phi) is 7.43. The minimum Gasteiger partial charge on any atom is -0.460 e. The molecule has 1 aliphatic heterocycles. The summed E-state index contributed by atoms with van der Waals surface area (Å²) in [7, 11) is 6.18. The second-order valence-corrected chi connectivity index (χ2v) is 7.67. The minimum absolute atomic E-state index is 0.201. The van der Waals surface area contributed by atoms with E-state index in [2.05, 4.69) is 36.1 Å². The summed E-state index contributed by atoms with van der Waals surface area (Å²) in [5, 5.41) is 28.7. The number of rotatable bonds is 5. The zero-order valence-electron chi connectivity index (χ0n) is 17.0. The van der Waals surface area contributed by atoms with E-state index in [9.17, 15) is 15.0 Å². The number of aromatic nitrogens is 4. The molecule has 0 aliphatic carbocycles. The lowest BCUT2D eigenvalue weighted by Crippen LogP contribution is -2.37. The number of carbonyl (C=O) groups excluding carboxylic acids is 1. The topological polar surface area (TPSA) is 166 Å². The van der Waals surface area contributed by atoms with Crippen LogP contribution in [0.3, 0.4) is 0 Å². The lowest BCUT2D eigenvalue weighted by molar-refractivity contribution is -0.870. The van der Waals surface area contributed by atoms with Crippen LogP contribution in [-0.2, 0) is 14.3 Å². The molecule has 2 aromatic heterocycles. The van der Waals surface area contributed by atoms with Gasteiger partial charge in [0.15, 0.2) is 17.7 Å². The van der Waals surface area contributed by atoms with Gasteiger partial charge in [-0.05, 0) is 0 Å². The van der Waals surface area contributed by atoms with Gasteiger partial charge in [0, 0.05) is 6.92 Å². The molecule has 0 saturated carbocycles. The number of carbonyl (C=O) groups is 1. The number of anilines is 1. The molecule has 0 amide bonds. The molecule has 1 aliphatic rings. The van der Waals surface area contributed by atoms with E-state index in [-0.39, 0.29) is 11.8 Å². The standard InChI is InChI=1S/C10H13N5O4.C7H16NO2/c11-8-5-9(13-2-12-8)15(3-14-5)10-7(18)6(17)4(1-16)19-10;1-7(9)10-6-5-8(2,3)4/h2-4,6-7,10,16-18H,1H2,(H2,11,12,13);5-6H2,1-4H3/q;+1/t4-,6-,7-,10-;/m1./s1. The molecule has 0 aromatic carbocycles. The Labute approximate surface area is 168 Å². The molecule has 162 valence electrons. The summed E-state index contributed by atoms with van der Waals surface area (Å²) in [5.74, 6) is 0.0175. The number of quaternary nitrogens is 1. The summed E-state index contributed by atoms with van der Waals surface area (Å²) in [6.45, 7) is 2.41. The molecule has 2 aromatic rings. The van der Waals surface area contributed by atoms with Crippen molar-refractivity contribution in [1.82, 2.24) is 19.5 Å². The zero-order chi connectivity index (χ0) is 21.8. The van der Waals surface area contributed by atoms with E-state index in [4.69, 9.17) is 20.3 Å². The number of aliphatic hydroxyl groups excluding tert-OH is 3. The lowest BCUT2D eigenvalue weighted by atomic mass is 10.1. The highest BCUT2D eigenvalue weighted by Crippen LogP contribution is 2.31. The monoisotopic (exact) mass is 413 g/mol. The smallest absolute Gasteiger partial charge is 0.302 e. The maximum absolute atomic E-state index is 10.3. The number of aliphatic hydroxyl groups is 3. The fourth-order valence-electron chi connectivity index (χ4n) is 2.63. The normalized spacial score (nSPS) is 24.2. The van der Waals surface area contributed by atoms with Gasteiger partial charge in [-0.1, -0.05) is 0 Å². The molecule has 0 spiro atoms. The van der Waals surface area contributed by atoms with Crippen molar-refractivity contribution in [2.45, 2.75) is 31.5 Å². The predicted molar refractivity (Wildman–Crippen MR) is 102 cm³/mol. The predicted octanol–water partition coefficient (Wildman–Crippen LogP) is -1.72. The van der Waals surface area contributed by atoms with Crippen LogP contribution >= 0.6 is 0 Å². The number of likely N-dealkylation sites (N-methyl/N-ethyl adjacent to an activating group) is 1. The molecule has 3 heterocycles. The molecule has 1 saturated heterocycles. The number of hydrogen-bond donors (Lipinski definition) is 4. The molecule has 0 unspecified atom stereocenters. The third kappa shape index (κ3) is 5.81. The van der Waals surface area contributed by atoms with Crippen LogP contribution in [0.25, 0.3) is 11.2 Å². The molecule has 3 rings (SSSR count). The first-order valence-corrected chi connectivity index (χ1v) is 9.04. The third-order valence-corrected chi connectivity index (χ3v) is 4.25. The summed E-state index contributed by atoms with van der Waals surface area (Å²) in [4.78, 5) is 22.2. The van der Waals surface area contributed by atoms with Gasteiger partial charge in [-0.15, -0.1) is 0 Å². The molecular weight excluding hydrogens is 384 g/mol. The van der Waals surface area contributed by atoms with Crippen LogP contribution in [0, 0.1) is 0 Å². The van der Waals surface area contributed by atoms with Crippen molar-refractivity contribution in [2.24, 2.45) is 0 Å². The Hall–Kier alpha value is -2.38. The number of hydrogen-bond acceptors (Lipinski definition) is 10. The summed E-state index contributed by atoms with van der Waals surface area (Å²) in [5.41, 5.74) is 6.44. The fourth-order valence-corrected chi connectivity index (χ4v) is 2.63. The van der Waals surface area contributed by atoms with E-state index in [0.717, 1.165) is 11.0 Å². The second-order valence-electron chi connectivity index (χ2n) is 7.67. The quantitative estimate of drug-likeness (QED) is 0.327. The average molecular weight is 413 g/mol. The maximum atomic E-state index is 10.3. The van der Waals surface area contributed by atoms with Crippen LogP contribution in [0.1, 0.15) is 13.2 Å². The van der Waals surface area contributed by atoms with E-state index in [1.54, 1.807) is 0 Å². The molecule has 12 heteroatoms. The molecule has 0 radical (unpaired) electrons. The van der Waals surface area contributed by atoms with Crippen LogP contribution in [-0.4, -0.2) is 105 Å². The lowest BCUT2D eigenvalue weighted by Gasteiger charge is -2.23. The Morgan fingerprint density at radius 1 is 1.28 bits per heavy atom. The van der Waals surface area contributed by atoms with E-state index in [1.165, 1.54) is 24.1 Å². The number of nitrogens with two attached hydrogens (primary N) is 1. The second kappa shape index (κ2) is 9.41. The van der Waals surface area contributed by atoms with Gasteiger partial charge in [0.1, 0.15) is 43.3 Å². The Balaban J connectivity index is 0.000000257. The summed E-state index contributed by atoms with van der Waals surface area (Å²) >= 11 is 0. The van der Waals surface area contributed by atoms with Crippen molar-refractivity contribution in [2.75, 3.05) is 46.6 Å². The van der Waals surface area contributed by atoms with Gasteiger partial charge >= 0.3 is 5.97 Å². The number of nitrogen functional groups attached to an aromatic ring is 1. The van der Waals surface area contributed by atoms with Gasteiger partial charge in [0.25, 0.3) is 0 Å². The average Bonchev–Trinajstić information content (AvgIpc) is 3.17. The fraction of sp³-hybridized carbons (Fsp3) is 0.647. The maximum Gasteiger partial charge on any atom is 0.302 e.